The highest BCUT2D eigenvalue weighted by atomic mass is 16.5. The number of nitrogens with zero attached hydrogens (tertiary/aromatic N) is 3. The number of hydrogen-bond donors (Lipinski definition) is 1. The van der Waals surface area contributed by atoms with Crippen LogP contribution in [0.15, 0.2) is 54.7 Å². The van der Waals surface area contributed by atoms with Crippen molar-refractivity contribution in [3.8, 4) is 16.9 Å². The third-order valence-electron chi connectivity index (χ3n) is 3.94. The van der Waals surface area contributed by atoms with Gasteiger partial charge < -0.3 is 10.1 Å². The maximum absolute atomic E-state index is 5.23. The Labute approximate surface area is 133 Å². The fourth-order valence-corrected chi connectivity index (χ4v) is 2.76. The summed E-state index contributed by atoms with van der Waals surface area (Å²) in [6.07, 6.45) is 2.07. The van der Waals surface area contributed by atoms with Crippen molar-refractivity contribution in [3.63, 3.8) is 0 Å². The minimum Gasteiger partial charge on any atom is -0.497 e. The normalized spacial score (nSPS) is 11.0. The molecular formula is C18H16N4O. The molecule has 23 heavy (non-hydrogen) atoms. The highest BCUT2D eigenvalue weighted by Gasteiger charge is 2.12. The molecule has 0 aliphatic carbocycles. The van der Waals surface area contributed by atoms with Gasteiger partial charge in [-0.1, -0.05) is 24.3 Å². The first-order valence-electron chi connectivity index (χ1n) is 7.40. The molecule has 0 spiro atoms. The number of fused-ring (bicyclic) bond motifs is 3. The van der Waals surface area contributed by atoms with E-state index in [1.165, 1.54) is 0 Å². The van der Waals surface area contributed by atoms with Crippen molar-refractivity contribution in [1.29, 1.82) is 0 Å². The van der Waals surface area contributed by atoms with Crippen LogP contribution in [-0.4, -0.2) is 28.5 Å². The van der Waals surface area contributed by atoms with Crippen LogP contribution in [0.5, 0.6) is 5.75 Å². The molecule has 0 fully saturated rings. The van der Waals surface area contributed by atoms with E-state index in [1.807, 2.05) is 60.0 Å². The SMILES string of the molecule is CNc1nc2nc3ccccc3n2cc1-c1ccc(OC)cc1. The topological polar surface area (TPSA) is 51.5 Å². The molecule has 0 bridgehead atoms. The summed E-state index contributed by atoms with van der Waals surface area (Å²) < 4.78 is 7.25. The molecule has 4 aromatic rings. The number of benzene rings is 2. The highest BCUT2D eigenvalue weighted by Crippen LogP contribution is 2.29. The Kier molecular flexibility index (Phi) is 3.12. The van der Waals surface area contributed by atoms with Gasteiger partial charge in [0.25, 0.3) is 0 Å². The number of hydrogen-bond acceptors (Lipinski definition) is 4. The van der Waals surface area contributed by atoms with Crippen LogP contribution >= 0.6 is 0 Å². The lowest BCUT2D eigenvalue weighted by atomic mass is 10.1. The van der Waals surface area contributed by atoms with Crippen LogP contribution < -0.4 is 10.1 Å². The van der Waals surface area contributed by atoms with Gasteiger partial charge in [-0.05, 0) is 29.8 Å². The maximum Gasteiger partial charge on any atom is 0.236 e. The Morgan fingerprint density at radius 3 is 2.52 bits per heavy atom. The summed E-state index contributed by atoms with van der Waals surface area (Å²) in [5.74, 6) is 2.33. The fourth-order valence-electron chi connectivity index (χ4n) is 2.76. The van der Waals surface area contributed by atoms with E-state index in [0.717, 1.165) is 33.7 Å². The first-order chi connectivity index (χ1) is 11.3. The molecule has 0 radical (unpaired) electrons. The Balaban J connectivity index is 1.98. The first-order valence-corrected chi connectivity index (χ1v) is 7.40. The van der Waals surface area contributed by atoms with Crippen LogP contribution in [0.25, 0.3) is 27.9 Å². The van der Waals surface area contributed by atoms with Crippen molar-refractivity contribution in [3.05, 3.63) is 54.7 Å². The third-order valence-corrected chi connectivity index (χ3v) is 3.94. The summed E-state index contributed by atoms with van der Waals surface area (Å²) in [5.41, 5.74) is 4.08. The van der Waals surface area contributed by atoms with Gasteiger partial charge in [-0.3, -0.25) is 4.40 Å². The molecule has 2 heterocycles. The number of para-hydroxylation sites is 2. The van der Waals surface area contributed by atoms with Crippen LogP contribution in [0.4, 0.5) is 5.82 Å². The van der Waals surface area contributed by atoms with E-state index in [4.69, 9.17) is 4.74 Å². The molecule has 114 valence electrons. The number of anilines is 1. The van der Waals surface area contributed by atoms with Crippen LogP contribution in [0, 0.1) is 0 Å². The van der Waals surface area contributed by atoms with E-state index >= 15 is 0 Å². The first kappa shape index (κ1) is 13.6. The monoisotopic (exact) mass is 304 g/mol. The van der Waals surface area contributed by atoms with Gasteiger partial charge in [0.1, 0.15) is 11.6 Å². The van der Waals surface area contributed by atoms with Crippen molar-refractivity contribution >= 4 is 22.6 Å². The molecule has 5 heteroatoms. The second kappa shape index (κ2) is 5.28. The minimum absolute atomic E-state index is 0.688. The molecule has 5 nitrogen and oxygen atoms in total. The third kappa shape index (κ3) is 2.17. The summed E-state index contributed by atoms with van der Waals surface area (Å²) in [4.78, 5) is 9.24. The molecule has 0 unspecified atom stereocenters. The van der Waals surface area contributed by atoms with Crippen LogP contribution in [0.1, 0.15) is 0 Å². The number of aromatic nitrogens is 3. The van der Waals surface area contributed by atoms with Crippen molar-refractivity contribution in [2.24, 2.45) is 0 Å². The van der Waals surface area contributed by atoms with Crippen LogP contribution in [-0.2, 0) is 0 Å². The predicted octanol–water partition coefficient (Wildman–Crippen LogP) is 3.60. The molecule has 2 aromatic carbocycles. The van der Waals surface area contributed by atoms with Gasteiger partial charge in [-0.2, -0.15) is 4.98 Å². The number of ether oxygens (including phenoxy) is 1. The molecular weight excluding hydrogens is 288 g/mol. The molecule has 4 rings (SSSR count). The number of methoxy groups -OCH3 is 1. The summed E-state index contributed by atoms with van der Waals surface area (Å²) >= 11 is 0. The number of rotatable bonds is 3. The minimum atomic E-state index is 0.688. The van der Waals surface area contributed by atoms with Gasteiger partial charge in [-0.15, -0.1) is 0 Å². The Morgan fingerprint density at radius 2 is 1.78 bits per heavy atom. The largest absolute Gasteiger partial charge is 0.497 e. The van der Waals surface area contributed by atoms with Gasteiger partial charge in [0.15, 0.2) is 0 Å². The molecule has 0 atom stereocenters. The summed E-state index contributed by atoms with van der Waals surface area (Å²) in [7, 11) is 3.54. The number of imidazole rings is 1. The van der Waals surface area contributed by atoms with E-state index in [2.05, 4.69) is 21.5 Å². The summed E-state index contributed by atoms with van der Waals surface area (Å²) in [6.45, 7) is 0. The van der Waals surface area contributed by atoms with E-state index in [-0.39, 0.29) is 0 Å². The average molecular weight is 304 g/mol. The molecule has 0 aliphatic heterocycles. The predicted molar refractivity (Wildman–Crippen MR) is 92.0 cm³/mol. The van der Waals surface area contributed by atoms with Gasteiger partial charge in [0.2, 0.25) is 5.78 Å². The van der Waals surface area contributed by atoms with Crippen LogP contribution in [0.2, 0.25) is 0 Å². The maximum atomic E-state index is 5.23. The zero-order valence-corrected chi connectivity index (χ0v) is 12.9. The number of nitrogens with one attached hydrogen (secondary N) is 1. The van der Waals surface area contributed by atoms with Crippen molar-refractivity contribution in [2.75, 3.05) is 19.5 Å². The summed E-state index contributed by atoms with van der Waals surface area (Å²) in [5, 5.41) is 3.16. The van der Waals surface area contributed by atoms with Crippen molar-refractivity contribution in [2.45, 2.75) is 0 Å². The fraction of sp³-hybridized carbons (Fsp3) is 0.111. The second-order valence-electron chi connectivity index (χ2n) is 5.25. The lowest BCUT2D eigenvalue weighted by molar-refractivity contribution is 0.415. The lowest BCUT2D eigenvalue weighted by Gasteiger charge is -2.10. The quantitative estimate of drug-likeness (QED) is 0.628. The van der Waals surface area contributed by atoms with Gasteiger partial charge in [0.05, 0.1) is 18.1 Å². The molecule has 0 saturated heterocycles. The van der Waals surface area contributed by atoms with Crippen molar-refractivity contribution in [1.82, 2.24) is 14.4 Å². The molecule has 0 amide bonds. The van der Waals surface area contributed by atoms with E-state index in [0.29, 0.717) is 5.78 Å². The Hall–Kier alpha value is -3.08. The van der Waals surface area contributed by atoms with E-state index < -0.39 is 0 Å². The Bertz CT molecular complexity index is 989. The van der Waals surface area contributed by atoms with Gasteiger partial charge in [-0.25, -0.2) is 4.98 Å². The zero-order valence-electron chi connectivity index (χ0n) is 12.9. The smallest absolute Gasteiger partial charge is 0.236 e. The molecule has 1 N–H and O–H groups in total. The highest BCUT2D eigenvalue weighted by molar-refractivity contribution is 5.83. The standard InChI is InChI=1S/C18H16N4O/c1-19-17-14(12-7-9-13(23-2)10-8-12)11-22-16-6-4-3-5-15(16)20-18(22)21-17/h3-11H,1-2H3,(H,19,20,21). The van der Waals surface area contributed by atoms with Gasteiger partial charge >= 0.3 is 0 Å². The molecule has 0 saturated carbocycles. The zero-order chi connectivity index (χ0) is 15.8. The lowest BCUT2D eigenvalue weighted by Crippen LogP contribution is -2.00. The second-order valence-corrected chi connectivity index (χ2v) is 5.25. The van der Waals surface area contributed by atoms with E-state index in [9.17, 15) is 0 Å². The van der Waals surface area contributed by atoms with Crippen LogP contribution in [0.3, 0.4) is 0 Å². The van der Waals surface area contributed by atoms with Gasteiger partial charge in [0, 0.05) is 18.8 Å². The summed E-state index contributed by atoms with van der Waals surface area (Å²) in [6, 6.07) is 16.0. The van der Waals surface area contributed by atoms with E-state index in [1.54, 1.807) is 7.11 Å². The Morgan fingerprint density at radius 1 is 1.00 bits per heavy atom. The molecule has 0 aliphatic rings. The average Bonchev–Trinajstić information content (AvgIpc) is 2.98. The van der Waals surface area contributed by atoms with Crippen molar-refractivity contribution < 1.29 is 4.74 Å². The molecule has 2 aromatic heterocycles.